The maximum absolute atomic E-state index is 13.0. The molecule has 0 radical (unpaired) electrons. The Balaban J connectivity index is 0.000000606. The highest BCUT2D eigenvalue weighted by molar-refractivity contribution is 7.99. The van der Waals surface area contributed by atoms with Gasteiger partial charge in [0.05, 0.1) is 33.1 Å². The summed E-state index contributed by atoms with van der Waals surface area (Å²) in [5, 5.41) is 23.6. The first-order valence-corrected chi connectivity index (χ1v) is 17.1. The number of primary sulfonamides is 1. The summed E-state index contributed by atoms with van der Waals surface area (Å²) < 4.78 is 63.3. The number of carboxylic acids is 1. The molecule has 0 saturated carbocycles. The number of amides is 1. The van der Waals surface area contributed by atoms with Crippen LogP contribution in [0.5, 0.6) is 0 Å². The van der Waals surface area contributed by atoms with Crippen molar-refractivity contribution in [2.45, 2.75) is 52.8 Å². The molecule has 0 bridgehead atoms. The topological polar surface area (TPSA) is 221 Å². The van der Waals surface area contributed by atoms with Crippen molar-refractivity contribution in [3.63, 3.8) is 0 Å². The molecule has 0 aliphatic carbocycles. The summed E-state index contributed by atoms with van der Waals surface area (Å²) in [6.07, 6.45) is 1.62. The first-order chi connectivity index (χ1) is 23.0. The van der Waals surface area contributed by atoms with Crippen LogP contribution < -0.4 is 21.1 Å². The van der Waals surface area contributed by atoms with E-state index in [0.717, 1.165) is 31.9 Å². The number of fused-ring (bicyclic) bond motifs is 1. The monoisotopic (exact) mass is 743 g/mol. The fraction of sp³-hybridized carbons (Fsp3) is 0.357. The van der Waals surface area contributed by atoms with E-state index in [1.165, 1.54) is 42.2 Å². The van der Waals surface area contributed by atoms with Crippen LogP contribution in [0.2, 0.25) is 5.02 Å². The molecule has 4 aromatic rings. The Bertz CT molecular complexity index is 1990. The second kappa shape index (κ2) is 14.0. The highest BCUT2D eigenvalue weighted by Crippen LogP contribution is 2.42. The van der Waals surface area contributed by atoms with E-state index in [1.807, 2.05) is 11.3 Å². The molecule has 21 heteroatoms. The second-order valence-corrected chi connectivity index (χ2v) is 14.2. The Morgan fingerprint density at radius 2 is 1.84 bits per heavy atom. The molecule has 262 valence electrons. The fourth-order valence-corrected chi connectivity index (χ4v) is 7.40. The zero-order valence-electron chi connectivity index (χ0n) is 25.5. The number of nitrogens with zero attached hydrogens (tertiary/aromatic N) is 6. The molecule has 2 saturated heterocycles. The largest absolute Gasteiger partial charge is 0.490 e. The minimum Gasteiger partial charge on any atom is -0.475 e. The fourth-order valence-electron chi connectivity index (χ4n) is 5.50. The Morgan fingerprint density at radius 3 is 2.45 bits per heavy atom. The number of anilines is 2. The minimum absolute atomic E-state index is 0.0100. The van der Waals surface area contributed by atoms with Crippen LogP contribution in [-0.4, -0.2) is 88.0 Å². The number of alkyl halides is 3. The number of sulfonamides is 1. The summed E-state index contributed by atoms with van der Waals surface area (Å²) in [4.78, 5) is 33.9. The van der Waals surface area contributed by atoms with Gasteiger partial charge < -0.3 is 25.8 Å². The number of carboxylic acid groups (broad SMARTS) is 1. The Morgan fingerprint density at radius 1 is 1.16 bits per heavy atom. The van der Waals surface area contributed by atoms with E-state index in [-0.39, 0.29) is 38.9 Å². The number of piperidine rings is 1. The molecule has 5 heterocycles. The van der Waals surface area contributed by atoms with Gasteiger partial charge in [0.25, 0.3) is 5.91 Å². The van der Waals surface area contributed by atoms with Gasteiger partial charge in [0.15, 0.2) is 11.5 Å². The van der Waals surface area contributed by atoms with Gasteiger partial charge in [-0.3, -0.25) is 4.79 Å². The number of carbonyl (C=O) groups excluding carboxylic acids is 1. The number of rotatable bonds is 6. The lowest BCUT2D eigenvalue weighted by atomic mass is 9.73. The number of halogens is 4. The molecular formula is C28H29ClF3N9O6S2. The number of aromatic nitrogens is 5. The smallest absolute Gasteiger partial charge is 0.475 e. The Kier molecular flexibility index (Phi) is 10.4. The van der Waals surface area contributed by atoms with E-state index in [0.29, 0.717) is 22.0 Å². The van der Waals surface area contributed by atoms with Gasteiger partial charge >= 0.3 is 12.1 Å². The van der Waals surface area contributed by atoms with E-state index in [9.17, 15) is 26.4 Å². The van der Waals surface area contributed by atoms with E-state index < -0.39 is 28.1 Å². The number of aliphatic carboxylic acids is 1. The molecule has 2 fully saturated rings. The molecule has 15 nitrogen and oxygen atoms in total. The third-order valence-electron chi connectivity index (χ3n) is 8.16. The summed E-state index contributed by atoms with van der Waals surface area (Å²) in [7, 11) is -4.12. The number of benzene rings is 1. The van der Waals surface area contributed by atoms with Crippen LogP contribution in [0.3, 0.4) is 0 Å². The van der Waals surface area contributed by atoms with Gasteiger partial charge in [-0.2, -0.15) is 13.2 Å². The molecule has 2 aliphatic heterocycles. The Labute approximate surface area is 286 Å². The number of nitrogens with one attached hydrogen (secondary N) is 1. The van der Waals surface area contributed by atoms with Gasteiger partial charge in [0.1, 0.15) is 6.33 Å². The Hall–Kier alpha value is -4.08. The summed E-state index contributed by atoms with van der Waals surface area (Å²) in [5.41, 5.74) is 6.95. The zero-order valence-corrected chi connectivity index (χ0v) is 27.9. The van der Waals surface area contributed by atoms with Crippen LogP contribution in [0, 0.1) is 5.41 Å². The molecule has 1 aromatic carbocycles. The van der Waals surface area contributed by atoms with Crippen molar-refractivity contribution >= 4 is 62.7 Å². The van der Waals surface area contributed by atoms with Crippen LogP contribution in [0.4, 0.5) is 24.9 Å². The normalized spacial score (nSPS) is 19.0. The van der Waals surface area contributed by atoms with Crippen molar-refractivity contribution in [2.24, 2.45) is 16.3 Å². The number of hydrogen-bond donors (Lipinski definition) is 4. The van der Waals surface area contributed by atoms with Crippen molar-refractivity contribution in [3.8, 4) is 0 Å². The van der Waals surface area contributed by atoms with Crippen molar-refractivity contribution in [1.29, 1.82) is 0 Å². The lowest BCUT2D eigenvalue weighted by molar-refractivity contribution is -0.192. The maximum atomic E-state index is 13.0. The molecule has 1 amide bonds. The van der Waals surface area contributed by atoms with Crippen molar-refractivity contribution in [1.82, 2.24) is 24.6 Å². The summed E-state index contributed by atoms with van der Waals surface area (Å²) in [6, 6.07) is 7.34. The third-order valence-corrected chi connectivity index (χ3v) is 10.7. The number of ether oxygens (including phenoxy) is 1. The molecular weight excluding hydrogens is 715 g/mol. The third kappa shape index (κ3) is 7.73. The maximum Gasteiger partial charge on any atom is 0.490 e. The van der Waals surface area contributed by atoms with Crippen LogP contribution in [0.25, 0.3) is 5.65 Å². The lowest BCUT2D eigenvalue weighted by Gasteiger charge is -2.41. The first kappa shape index (κ1) is 36.2. The molecule has 49 heavy (non-hydrogen) atoms. The summed E-state index contributed by atoms with van der Waals surface area (Å²) in [6.45, 7) is 4.28. The quantitative estimate of drug-likeness (QED) is 0.223. The lowest BCUT2D eigenvalue weighted by Crippen LogP contribution is -2.51. The van der Waals surface area contributed by atoms with Gasteiger partial charge in [-0.1, -0.05) is 35.5 Å². The van der Waals surface area contributed by atoms with Crippen molar-refractivity contribution < 1.29 is 41.0 Å². The predicted molar refractivity (Wildman–Crippen MR) is 171 cm³/mol. The van der Waals surface area contributed by atoms with E-state index in [1.54, 1.807) is 18.6 Å². The predicted octanol–water partition coefficient (Wildman–Crippen LogP) is 3.19. The van der Waals surface area contributed by atoms with Gasteiger partial charge in [-0.05, 0) is 38.0 Å². The SMILES string of the molecule is C[C@@H]1OCC2(CCN(c3ncc(Sc4ccnc(NC(=O)c5ccccc5S(N)(=O)=O)c4Cl)c4nncn34)CC2)[C@@H]1N.O=C(O)C(F)(F)F. The van der Waals surface area contributed by atoms with Crippen LogP contribution >= 0.6 is 23.4 Å². The minimum atomic E-state index is -5.08. The van der Waals surface area contributed by atoms with E-state index in [4.69, 9.17) is 42.1 Å². The average Bonchev–Trinajstić information content (AvgIpc) is 3.65. The van der Waals surface area contributed by atoms with E-state index in [2.05, 4.69) is 25.4 Å². The number of hydrogen-bond acceptors (Lipinski definition) is 12. The van der Waals surface area contributed by atoms with Crippen molar-refractivity contribution in [3.05, 3.63) is 59.6 Å². The van der Waals surface area contributed by atoms with E-state index >= 15 is 0 Å². The van der Waals surface area contributed by atoms with Crippen LogP contribution in [-0.2, 0) is 19.6 Å². The number of pyridine rings is 1. The molecule has 2 atom stereocenters. The molecule has 6 rings (SSSR count). The van der Waals surface area contributed by atoms with Gasteiger partial charge in [0, 0.05) is 41.8 Å². The second-order valence-electron chi connectivity index (χ2n) is 11.2. The molecule has 1 spiro atoms. The average molecular weight is 744 g/mol. The molecule has 6 N–H and O–H groups in total. The summed E-state index contributed by atoms with van der Waals surface area (Å²) in [5.74, 6) is -2.68. The van der Waals surface area contributed by atoms with Crippen LogP contribution in [0.15, 0.2) is 63.7 Å². The first-order valence-electron chi connectivity index (χ1n) is 14.4. The molecule has 2 aliphatic rings. The zero-order chi connectivity index (χ0) is 35.7. The van der Waals surface area contributed by atoms with Gasteiger partial charge in [0.2, 0.25) is 16.0 Å². The van der Waals surface area contributed by atoms with Crippen LogP contribution in [0.1, 0.15) is 30.1 Å². The summed E-state index contributed by atoms with van der Waals surface area (Å²) >= 11 is 7.93. The van der Waals surface area contributed by atoms with Crippen molar-refractivity contribution in [2.75, 3.05) is 29.9 Å². The molecule has 0 unspecified atom stereocenters. The number of nitrogens with two attached hydrogens (primary N) is 2. The van der Waals surface area contributed by atoms with Gasteiger partial charge in [-0.25, -0.2) is 32.7 Å². The highest BCUT2D eigenvalue weighted by Gasteiger charge is 2.48. The molecule has 3 aromatic heterocycles. The highest BCUT2D eigenvalue weighted by atomic mass is 35.5. The standard InChI is InChI=1S/C26H28ClN9O4S2.C2HF3O2/c1-15-21(28)26(13-40-15)7-10-35(11-8-26)25-31-12-18(23-34-32-14-36(23)25)41-17-6-9-30-22(20(17)27)33-24(37)16-4-2-3-5-19(16)42(29,38)39;3-2(4,5)1(6)7/h2-6,9,12,14-15,21H,7-8,10-11,13,28H2,1H3,(H2,29,38,39)(H,30,33,37);(H,6,7)/t15-,21+;/m0./s1. The van der Waals surface area contributed by atoms with Gasteiger partial charge in [-0.15, -0.1) is 10.2 Å². The number of carbonyl (C=O) groups is 2.